The van der Waals surface area contributed by atoms with Crippen LogP contribution in [-0.4, -0.2) is 41.0 Å². The van der Waals surface area contributed by atoms with Crippen LogP contribution in [0.2, 0.25) is 10.0 Å². The Labute approximate surface area is 201 Å². The smallest absolute Gasteiger partial charge is 0.0548 e. The van der Waals surface area contributed by atoms with E-state index in [1.54, 1.807) is 0 Å². The van der Waals surface area contributed by atoms with Crippen molar-refractivity contribution in [1.29, 1.82) is 0 Å². The van der Waals surface area contributed by atoms with Crippen LogP contribution in [0.4, 0.5) is 0 Å². The molecular weight excluding hydrogens is 439 g/mol. The molecule has 0 aliphatic carbocycles. The highest BCUT2D eigenvalue weighted by molar-refractivity contribution is 6.30. The number of hydrogen-bond donors (Lipinski definition) is 1. The Kier molecular flexibility index (Phi) is 8.55. The van der Waals surface area contributed by atoms with E-state index in [4.69, 9.17) is 28.2 Å². The van der Waals surface area contributed by atoms with Crippen LogP contribution in [0.5, 0.6) is 0 Å². The molecule has 0 atom stereocenters. The Hall–Kier alpha value is -1.95. The summed E-state index contributed by atoms with van der Waals surface area (Å²) in [5, 5.41) is 5.19. The molecule has 0 unspecified atom stereocenters. The van der Waals surface area contributed by atoms with Crippen molar-refractivity contribution in [2.24, 2.45) is 0 Å². The number of nitrogens with zero attached hydrogens (tertiary/aromatic N) is 3. The largest absolute Gasteiger partial charge is 0.315 e. The molecule has 1 aliphatic heterocycles. The second-order valence-electron chi connectivity index (χ2n) is 8.40. The van der Waals surface area contributed by atoms with E-state index in [1.807, 2.05) is 30.3 Å². The predicted molar refractivity (Wildman–Crippen MR) is 133 cm³/mol. The number of pyridine rings is 1. The summed E-state index contributed by atoms with van der Waals surface area (Å²) in [6, 6.07) is 22.7. The first-order valence-corrected chi connectivity index (χ1v) is 12.0. The molecule has 0 amide bonds. The van der Waals surface area contributed by atoms with Crippen molar-refractivity contribution < 1.29 is 0 Å². The average molecular weight is 469 g/mol. The summed E-state index contributed by atoms with van der Waals surface area (Å²) < 4.78 is 0. The van der Waals surface area contributed by atoms with Gasteiger partial charge >= 0.3 is 0 Å². The molecule has 1 N–H and O–H groups in total. The summed E-state index contributed by atoms with van der Waals surface area (Å²) in [5.74, 6) is 0. The van der Waals surface area contributed by atoms with Gasteiger partial charge in [-0.2, -0.15) is 0 Å². The van der Waals surface area contributed by atoms with Gasteiger partial charge in [0.1, 0.15) is 0 Å². The third-order valence-corrected chi connectivity index (χ3v) is 6.13. The first-order chi connectivity index (χ1) is 15.6. The number of rotatable bonds is 4. The fourth-order valence-corrected chi connectivity index (χ4v) is 4.59. The molecule has 4 rings (SSSR count). The van der Waals surface area contributed by atoms with E-state index in [1.165, 1.54) is 11.1 Å². The van der Waals surface area contributed by atoms with Crippen molar-refractivity contribution in [2.75, 3.05) is 26.2 Å². The lowest BCUT2D eigenvalue weighted by Crippen LogP contribution is -2.32. The topological polar surface area (TPSA) is 31.4 Å². The van der Waals surface area contributed by atoms with Gasteiger partial charge in [-0.05, 0) is 60.5 Å². The summed E-state index contributed by atoms with van der Waals surface area (Å²) in [4.78, 5) is 9.90. The SMILES string of the molecule is Clc1cccc(CN2CCCNCCN(Cc3cccc(Cl)c3)Cc3cccc(n3)C2)c1. The van der Waals surface area contributed by atoms with Gasteiger partial charge in [0.25, 0.3) is 0 Å². The molecule has 4 nitrogen and oxygen atoms in total. The fourth-order valence-electron chi connectivity index (χ4n) is 4.17. The van der Waals surface area contributed by atoms with Gasteiger partial charge in [-0.25, -0.2) is 0 Å². The molecule has 0 saturated carbocycles. The first-order valence-electron chi connectivity index (χ1n) is 11.2. The standard InChI is InChI=1S/C26H30Cl2N4/c27-23-7-1-5-21(15-23)17-31-13-4-11-29-12-14-32(18-22-6-2-8-24(28)16-22)20-26-10-3-9-25(19-31)30-26/h1-3,5-10,15-16,29H,4,11-14,17-20H2. The number of benzene rings is 2. The first kappa shape index (κ1) is 23.2. The zero-order chi connectivity index (χ0) is 22.2. The zero-order valence-corrected chi connectivity index (χ0v) is 19.8. The van der Waals surface area contributed by atoms with E-state index in [-0.39, 0.29) is 0 Å². The Morgan fingerprint density at radius 2 is 1.28 bits per heavy atom. The molecule has 3 aromatic rings. The molecule has 0 fully saturated rings. The third kappa shape index (κ3) is 7.29. The molecule has 6 heteroatoms. The van der Waals surface area contributed by atoms with Crippen LogP contribution in [0.1, 0.15) is 28.9 Å². The van der Waals surface area contributed by atoms with E-state index in [0.717, 1.165) is 80.2 Å². The van der Waals surface area contributed by atoms with Gasteiger partial charge in [-0.1, -0.05) is 53.5 Å². The molecular formula is C26H30Cl2N4. The van der Waals surface area contributed by atoms with Gasteiger partial charge in [0.15, 0.2) is 0 Å². The fraction of sp³-hybridized carbons (Fsp3) is 0.346. The minimum absolute atomic E-state index is 0.784. The minimum Gasteiger partial charge on any atom is -0.315 e. The van der Waals surface area contributed by atoms with Crippen LogP contribution in [0, 0.1) is 0 Å². The molecule has 2 bridgehead atoms. The monoisotopic (exact) mass is 468 g/mol. The van der Waals surface area contributed by atoms with Crippen molar-refractivity contribution in [1.82, 2.24) is 20.1 Å². The van der Waals surface area contributed by atoms with Gasteiger partial charge in [-0.15, -0.1) is 0 Å². The summed E-state index contributed by atoms with van der Waals surface area (Å²) in [7, 11) is 0. The second-order valence-corrected chi connectivity index (χ2v) is 9.28. The quantitative estimate of drug-likeness (QED) is 0.556. The lowest BCUT2D eigenvalue weighted by Gasteiger charge is -2.23. The number of nitrogens with one attached hydrogen (secondary N) is 1. The number of aromatic nitrogens is 1. The van der Waals surface area contributed by atoms with Crippen LogP contribution < -0.4 is 5.32 Å². The predicted octanol–water partition coefficient (Wildman–Crippen LogP) is 5.39. The number of fused-ring (bicyclic) bond motifs is 2. The highest BCUT2D eigenvalue weighted by Crippen LogP contribution is 2.17. The molecule has 168 valence electrons. The molecule has 32 heavy (non-hydrogen) atoms. The number of halogens is 2. The maximum atomic E-state index is 6.21. The van der Waals surface area contributed by atoms with E-state index < -0.39 is 0 Å². The van der Waals surface area contributed by atoms with E-state index >= 15 is 0 Å². The minimum atomic E-state index is 0.784. The highest BCUT2D eigenvalue weighted by atomic mass is 35.5. The van der Waals surface area contributed by atoms with Crippen molar-refractivity contribution in [3.8, 4) is 0 Å². The third-order valence-electron chi connectivity index (χ3n) is 5.66. The van der Waals surface area contributed by atoms with Gasteiger partial charge in [0, 0.05) is 55.9 Å². The molecule has 0 radical (unpaired) electrons. The van der Waals surface area contributed by atoms with Gasteiger partial charge in [0.05, 0.1) is 11.4 Å². The average Bonchev–Trinajstić information content (AvgIpc) is 2.76. The number of hydrogen-bond acceptors (Lipinski definition) is 4. The maximum Gasteiger partial charge on any atom is 0.0548 e. The van der Waals surface area contributed by atoms with Crippen LogP contribution in [-0.2, 0) is 26.2 Å². The lowest BCUT2D eigenvalue weighted by atomic mass is 10.2. The van der Waals surface area contributed by atoms with Crippen LogP contribution in [0.15, 0.2) is 66.7 Å². The van der Waals surface area contributed by atoms with E-state index in [0.29, 0.717) is 0 Å². The molecule has 1 aliphatic rings. The molecule has 2 heterocycles. The lowest BCUT2D eigenvalue weighted by molar-refractivity contribution is 0.247. The van der Waals surface area contributed by atoms with E-state index in [9.17, 15) is 0 Å². The Balaban J connectivity index is 1.49. The molecule has 0 spiro atoms. The summed E-state index contributed by atoms with van der Waals surface area (Å²) in [5.41, 5.74) is 4.68. The molecule has 2 aromatic carbocycles. The van der Waals surface area contributed by atoms with Crippen molar-refractivity contribution in [3.05, 3.63) is 99.3 Å². The van der Waals surface area contributed by atoms with E-state index in [2.05, 4.69) is 51.5 Å². The maximum absolute atomic E-state index is 6.21. The van der Waals surface area contributed by atoms with Crippen molar-refractivity contribution in [2.45, 2.75) is 32.6 Å². The Morgan fingerprint density at radius 1 is 0.719 bits per heavy atom. The normalized spacial score (nSPS) is 16.7. The van der Waals surface area contributed by atoms with Crippen molar-refractivity contribution in [3.63, 3.8) is 0 Å². The van der Waals surface area contributed by atoms with Crippen molar-refractivity contribution >= 4 is 23.2 Å². The highest BCUT2D eigenvalue weighted by Gasteiger charge is 2.13. The molecule has 1 aromatic heterocycles. The molecule has 0 saturated heterocycles. The van der Waals surface area contributed by atoms with Crippen LogP contribution in [0.3, 0.4) is 0 Å². The summed E-state index contributed by atoms with van der Waals surface area (Å²) in [6.45, 7) is 7.30. The van der Waals surface area contributed by atoms with Crippen LogP contribution in [0.25, 0.3) is 0 Å². The summed E-state index contributed by atoms with van der Waals surface area (Å²) >= 11 is 12.4. The second kappa shape index (κ2) is 11.8. The van der Waals surface area contributed by atoms with Gasteiger partial charge < -0.3 is 5.32 Å². The zero-order valence-electron chi connectivity index (χ0n) is 18.3. The van der Waals surface area contributed by atoms with Gasteiger partial charge in [-0.3, -0.25) is 14.8 Å². The Bertz CT molecular complexity index is 934. The van der Waals surface area contributed by atoms with Gasteiger partial charge in [0.2, 0.25) is 0 Å². The van der Waals surface area contributed by atoms with Crippen LogP contribution >= 0.6 is 23.2 Å². The summed E-state index contributed by atoms with van der Waals surface area (Å²) in [6.07, 6.45) is 1.09. The Morgan fingerprint density at radius 3 is 1.88 bits per heavy atom.